The quantitative estimate of drug-likeness (QED) is 0.494. The number of carbonyl (C=O) groups is 1. The number of hydrogen-bond acceptors (Lipinski definition) is 7. The van der Waals surface area contributed by atoms with Crippen molar-refractivity contribution in [1.82, 2.24) is 4.72 Å². The van der Waals surface area contributed by atoms with E-state index in [0.29, 0.717) is 17.1 Å². The molecule has 1 atom stereocenters. The van der Waals surface area contributed by atoms with Crippen molar-refractivity contribution in [2.45, 2.75) is 11.0 Å². The number of nitrogens with one attached hydrogen (secondary N) is 1. The van der Waals surface area contributed by atoms with Gasteiger partial charge < -0.3 is 9.64 Å². The van der Waals surface area contributed by atoms with Crippen LogP contribution < -0.4 is 19.4 Å². The third-order valence-electron chi connectivity index (χ3n) is 6.76. The molecule has 0 spiro atoms. The number of sulfonamides is 1. The van der Waals surface area contributed by atoms with Crippen LogP contribution in [0.3, 0.4) is 0 Å². The van der Waals surface area contributed by atoms with Gasteiger partial charge in [-0.2, -0.15) is 11.8 Å². The molecular formula is C27H26FN5O4S2. The topological polar surface area (TPSA) is 94.5 Å². The highest BCUT2D eigenvalue weighted by Crippen LogP contribution is 2.35. The highest BCUT2D eigenvalue weighted by Gasteiger charge is 2.36. The van der Waals surface area contributed by atoms with Crippen molar-refractivity contribution in [2.24, 2.45) is 4.99 Å². The molecule has 12 heteroatoms. The Morgan fingerprint density at radius 3 is 2.49 bits per heavy atom. The lowest BCUT2D eigenvalue weighted by Gasteiger charge is -2.32. The van der Waals surface area contributed by atoms with Crippen LogP contribution in [-0.4, -0.2) is 64.3 Å². The average molecular weight is 568 g/mol. The standard InChI is InChI=1S/C27H26FN5O4S2/c28-22-16-20(10-11-23(22)31-12-14-38-15-13-31)32-18-21(37-27(32)34)17-29-26-30-39(35,36)25-9-5-4-8-24(25)33(26)19-6-2-1-3-7-19/h1-11,16,21H,12-15,17-18H2,(H,29,30)/t21-/m0/s1. The third-order valence-corrected chi connectivity index (χ3v) is 9.08. The summed E-state index contributed by atoms with van der Waals surface area (Å²) in [7, 11) is -3.85. The number of cyclic esters (lactones) is 1. The number of para-hydroxylation sites is 2. The first-order valence-electron chi connectivity index (χ1n) is 12.5. The number of aliphatic imine (C=N–C) groups is 1. The molecule has 3 aromatic rings. The number of anilines is 4. The van der Waals surface area contributed by atoms with Gasteiger partial charge in [0.15, 0.2) is 0 Å². The number of rotatable bonds is 5. The monoisotopic (exact) mass is 567 g/mol. The Labute approximate surface area is 230 Å². The van der Waals surface area contributed by atoms with E-state index in [-0.39, 0.29) is 29.8 Å². The molecule has 3 aliphatic rings. The second-order valence-corrected chi connectivity index (χ2v) is 12.1. The van der Waals surface area contributed by atoms with E-state index in [1.54, 1.807) is 35.2 Å². The molecule has 9 nitrogen and oxygen atoms in total. The minimum Gasteiger partial charge on any atom is -0.442 e. The first kappa shape index (κ1) is 25.5. The van der Waals surface area contributed by atoms with Crippen LogP contribution in [0.4, 0.5) is 31.9 Å². The maximum Gasteiger partial charge on any atom is 0.414 e. The molecule has 39 heavy (non-hydrogen) atoms. The van der Waals surface area contributed by atoms with Gasteiger partial charge >= 0.3 is 6.09 Å². The molecule has 0 aromatic heterocycles. The molecule has 0 aliphatic carbocycles. The Morgan fingerprint density at radius 1 is 0.974 bits per heavy atom. The van der Waals surface area contributed by atoms with Crippen molar-refractivity contribution in [3.8, 4) is 0 Å². The zero-order valence-electron chi connectivity index (χ0n) is 20.9. The molecule has 3 heterocycles. The first-order valence-corrected chi connectivity index (χ1v) is 15.2. The molecule has 0 radical (unpaired) electrons. The number of thioether (sulfide) groups is 1. The molecular weight excluding hydrogens is 541 g/mol. The van der Waals surface area contributed by atoms with E-state index < -0.39 is 22.2 Å². The van der Waals surface area contributed by atoms with Crippen molar-refractivity contribution < 1.29 is 22.3 Å². The molecule has 1 amide bonds. The lowest BCUT2D eigenvalue weighted by Crippen LogP contribution is -2.47. The van der Waals surface area contributed by atoms with Gasteiger partial charge in [-0.15, -0.1) is 0 Å². The summed E-state index contributed by atoms with van der Waals surface area (Å²) in [6.45, 7) is 1.73. The molecule has 2 fully saturated rings. The van der Waals surface area contributed by atoms with E-state index in [4.69, 9.17) is 4.74 Å². The van der Waals surface area contributed by atoms with Crippen LogP contribution in [0.1, 0.15) is 0 Å². The zero-order chi connectivity index (χ0) is 27.0. The highest BCUT2D eigenvalue weighted by molar-refractivity contribution is 7.99. The van der Waals surface area contributed by atoms with Crippen LogP contribution >= 0.6 is 11.8 Å². The number of guanidine groups is 1. The Morgan fingerprint density at radius 2 is 1.72 bits per heavy atom. The molecule has 202 valence electrons. The number of carbonyl (C=O) groups excluding carboxylic acids is 1. The van der Waals surface area contributed by atoms with Gasteiger partial charge in [0.2, 0.25) is 5.96 Å². The highest BCUT2D eigenvalue weighted by atomic mass is 32.2. The zero-order valence-corrected chi connectivity index (χ0v) is 22.5. The smallest absolute Gasteiger partial charge is 0.414 e. The van der Waals surface area contributed by atoms with Gasteiger partial charge in [0, 0.05) is 30.3 Å². The molecule has 2 saturated heterocycles. The normalized spacial score (nSPS) is 21.5. The van der Waals surface area contributed by atoms with Crippen LogP contribution in [0.5, 0.6) is 0 Å². The van der Waals surface area contributed by atoms with Crippen LogP contribution in [0.25, 0.3) is 0 Å². The van der Waals surface area contributed by atoms with E-state index in [1.807, 2.05) is 47.0 Å². The van der Waals surface area contributed by atoms with Gasteiger partial charge in [0.25, 0.3) is 10.0 Å². The van der Waals surface area contributed by atoms with Crippen LogP contribution in [0, 0.1) is 5.82 Å². The van der Waals surface area contributed by atoms with Crippen LogP contribution in [-0.2, 0) is 14.8 Å². The number of halogens is 1. The minimum absolute atomic E-state index is 0.0115. The number of fused-ring (bicyclic) bond motifs is 1. The van der Waals surface area contributed by atoms with E-state index >= 15 is 0 Å². The lowest BCUT2D eigenvalue weighted by molar-refractivity contribution is 0.145. The third kappa shape index (κ3) is 5.01. The molecule has 0 unspecified atom stereocenters. The van der Waals surface area contributed by atoms with Crippen molar-refractivity contribution >= 4 is 56.6 Å². The number of ether oxygens (including phenoxy) is 1. The second kappa shape index (κ2) is 10.4. The summed E-state index contributed by atoms with van der Waals surface area (Å²) in [6, 6.07) is 20.7. The fourth-order valence-electron chi connectivity index (χ4n) is 4.89. The first-order chi connectivity index (χ1) is 18.9. The van der Waals surface area contributed by atoms with Crippen molar-refractivity contribution in [1.29, 1.82) is 0 Å². The Balaban J connectivity index is 1.23. The van der Waals surface area contributed by atoms with Gasteiger partial charge in [-0.05, 0) is 42.5 Å². The Bertz CT molecular complexity index is 1530. The number of amides is 1. The lowest BCUT2D eigenvalue weighted by atomic mass is 10.2. The summed E-state index contributed by atoms with van der Waals surface area (Å²) < 4.78 is 49.0. The second-order valence-electron chi connectivity index (χ2n) is 9.26. The van der Waals surface area contributed by atoms with E-state index in [9.17, 15) is 17.6 Å². The van der Waals surface area contributed by atoms with Crippen molar-refractivity contribution in [2.75, 3.05) is 52.4 Å². The average Bonchev–Trinajstić information content (AvgIpc) is 3.33. The van der Waals surface area contributed by atoms with Crippen LogP contribution in [0.2, 0.25) is 0 Å². The van der Waals surface area contributed by atoms with E-state index in [0.717, 1.165) is 30.3 Å². The number of nitrogens with zero attached hydrogens (tertiary/aromatic N) is 4. The molecule has 3 aliphatic heterocycles. The summed E-state index contributed by atoms with van der Waals surface area (Å²) in [4.78, 5) is 22.5. The Kier molecular flexibility index (Phi) is 6.81. The maximum atomic E-state index is 15.0. The van der Waals surface area contributed by atoms with E-state index in [1.165, 1.54) is 17.0 Å². The molecule has 0 saturated carbocycles. The molecule has 6 rings (SSSR count). The fraction of sp³-hybridized carbons (Fsp3) is 0.259. The van der Waals surface area contributed by atoms with Gasteiger partial charge in [0.05, 0.1) is 30.2 Å². The number of benzene rings is 3. The van der Waals surface area contributed by atoms with Gasteiger partial charge in [0.1, 0.15) is 16.8 Å². The predicted molar refractivity (Wildman–Crippen MR) is 151 cm³/mol. The summed E-state index contributed by atoms with van der Waals surface area (Å²) in [6.07, 6.45) is -1.25. The molecule has 1 N–H and O–H groups in total. The summed E-state index contributed by atoms with van der Waals surface area (Å²) in [5.41, 5.74) is 2.12. The fourth-order valence-corrected chi connectivity index (χ4v) is 6.99. The predicted octanol–water partition coefficient (Wildman–Crippen LogP) is 4.19. The molecule has 3 aromatic carbocycles. The SMILES string of the molecule is O=C1O[C@@H](CN=C2NS(=O)(=O)c3ccccc3N2c2ccccc2)CN1c1ccc(N2CCSCC2)c(F)c1. The van der Waals surface area contributed by atoms with Gasteiger partial charge in [-0.1, -0.05) is 30.3 Å². The maximum absolute atomic E-state index is 15.0. The Hall–Kier alpha value is -3.77. The minimum atomic E-state index is -3.85. The number of hydrogen-bond donors (Lipinski definition) is 1. The largest absolute Gasteiger partial charge is 0.442 e. The summed E-state index contributed by atoms with van der Waals surface area (Å²) in [5.74, 6) is 1.62. The van der Waals surface area contributed by atoms with Crippen molar-refractivity contribution in [3.63, 3.8) is 0 Å². The van der Waals surface area contributed by atoms with Crippen LogP contribution in [0.15, 0.2) is 82.7 Å². The summed E-state index contributed by atoms with van der Waals surface area (Å²) in [5, 5.41) is 0. The summed E-state index contributed by atoms with van der Waals surface area (Å²) >= 11 is 1.85. The molecule has 0 bridgehead atoms. The van der Waals surface area contributed by atoms with Gasteiger partial charge in [-0.25, -0.2) is 27.3 Å². The van der Waals surface area contributed by atoms with E-state index in [2.05, 4.69) is 9.71 Å². The van der Waals surface area contributed by atoms with Gasteiger partial charge in [-0.3, -0.25) is 9.80 Å². The van der Waals surface area contributed by atoms with Crippen molar-refractivity contribution in [3.05, 3.63) is 78.6 Å².